The third-order valence-corrected chi connectivity index (χ3v) is 3.40. The molecular formula is C13H18N2O2. The number of anilines is 1. The highest BCUT2D eigenvalue weighted by Crippen LogP contribution is 2.32. The highest BCUT2D eigenvalue weighted by atomic mass is 16.4. The molecule has 0 bridgehead atoms. The summed E-state index contributed by atoms with van der Waals surface area (Å²) in [4.78, 5) is 17.9. The molecule has 0 atom stereocenters. The topological polar surface area (TPSA) is 53.4 Å². The minimum Gasteiger partial charge on any atom is -0.481 e. The molecule has 0 spiro atoms. The van der Waals surface area contributed by atoms with Crippen molar-refractivity contribution in [1.29, 1.82) is 0 Å². The van der Waals surface area contributed by atoms with E-state index in [-0.39, 0.29) is 0 Å². The van der Waals surface area contributed by atoms with Crippen LogP contribution in [-0.4, -0.2) is 29.1 Å². The van der Waals surface area contributed by atoms with E-state index in [1.54, 1.807) is 26.1 Å². The molecule has 1 N–H and O–H groups in total. The average molecular weight is 234 g/mol. The van der Waals surface area contributed by atoms with Gasteiger partial charge >= 0.3 is 5.97 Å². The van der Waals surface area contributed by atoms with Crippen LogP contribution in [0, 0.1) is 0 Å². The molecule has 0 amide bonds. The maximum absolute atomic E-state index is 11.3. The van der Waals surface area contributed by atoms with Gasteiger partial charge in [-0.3, -0.25) is 4.79 Å². The Kier molecular flexibility index (Phi) is 3.05. The standard InChI is InChI=1S/C13H18N2O2/c1-13(2,12(16)17)10-6-5-7-14-11(10)15-8-3-4-9-15/h5-7H,3-4,8-9H2,1-2H3,(H,16,17). The predicted molar refractivity (Wildman–Crippen MR) is 66.3 cm³/mol. The van der Waals surface area contributed by atoms with Gasteiger partial charge in [0.2, 0.25) is 0 Å². The quantitative estimate of drug-likeness (QED) is 0.869. The molecule has 17 heavy (non-hydrogen) atoms. The molecule has 1 aliphatic heterocycles. The lowest BCUT2D eigenvalue weighted by atomic mass is 9.85. The van der Waals surface area contributed by atoms with Gasteiger partial charge in [0.15, 0.2) is 0 Å². The molecule has 1 aromatic heterocycles. The summed E-state index contributed by atoms with van der Waals surface area (Å²) >= 11 is 0. The van der Waals surface area contributed by atoms with Gasteiger partial charge in [0.05, 0.1) is 5.41 Å². The molecule has 1 aromatic rings. The SMILES string of the molecule is CC(C)(C(=O)O)c1cccnc1N1CCCC1. The monoisotopic (exact) mass is 234 g/mol. The van der Waals surface area contributed by atoms with Crippen LogP contribution >= 0.6 is 0 Å². The highest BCUT2D eigenvalue weighted by molar-refractivity contribution is 5.82. The third-order valence-electron chi connectivity index (χ3n) is 3.40. The zero-order valence-electron chi connectivity index (χ0n) is 10.3. The molecule has 0 unspecified atom stereocenters. The molecule has 4 nitrogen and oxygen atoms in total. The van der Waals surface area contributed by atoms with E-state index in [2.05, 4.69) is 9.88 Å². The summed E-state index contributed by atoms with van der Waals surface area (Å²) in [6, 6.07) is 3.67. The Morgan fingerprint density at radius 1 is 1.41 bits per heavy atom. The van der Waals surface area contributed by atoms with Crippen molar-refractivity contribution in [3.63, 3.8) is 0 Å². The maximum Gasteiger partial charge on any atom is 0.313 e. The second kappa shape index (κ2) is 4.35. The lowest BCUT2D eigenvalue weighted by molar-refractivity contribution is -0.142. The first-order chi connectivity index (χ1) is 8.03. The van der Waals surface area contributed by atoms with E-state index >= 15 is 0 Å². The fourth-order valence-electron chi connectivity index (χ4n) is 2.18. The van der Waals surface area contributed by atoms with Crippen molar-refractivity contribution < 1.29 is 9.90 Å². The number of hydrogen-bond acceptors (Lipinski definition) is 3. The first-order valence-electron chi connectivity index (χ1n) is 5.97. The number of carboxylic acid groups (broad SMARTS) is 1. The summed E-state index contributed by atoms with van der Waals surface area (Å²) in [7, 11) is 0. The normalized spacial score (nSPS) is 16.2. The largest absolute Gasteiger partial charge is 0.481 e. The Labute approximate surface area is 101 Å². The van der Waals surface area contributed by atoms with Crippen molar-refractivity contribution in [3.05, 3.63) is 23.9 Å². The molecule has 1 fully saturated rings. The summed E-state index contributed by atoms with van der Waals surface area (Å²) in [5.41, 5.74) is -0.0963. The van der Waals surface area contributed by atoms with Gasteiger partial charge < -0.3 is 10.0 Å². The van der Waals surface area contributed by atoms with Crippen LogP contribution in [0.3, 0.4) is 0 Å². The summed E-state index contributed by atoms with van der Waals surface area (Å²) < 4.78 is 0. The fraction of sp³-hybridized carbons (Fsp3) is 0.538. The average Bonchev–Trinajstić information content (AvgIpc) is 2.82. The molecule has 2 rings (SSSR count). The van der Waals surface area contributed by atoms with Crippen molar-refractivity contribution in [3.8, 4) is 0 Å². The van der Waals surface area contributed by atoms with Gasteiger partial charge in [-0.25, -0.2) is 4.98 Å². The molecule has 0 radical (unpaired) electrons. The number of aliphatic carboxylic acids is 1. The van der Waals surface area contributed by atoms with Crippen molar-refractivity contribution in [2.24, 2.45) is 0 Å². The molecule has 1 aliphatic rings. The molecule has 92 valence electrons. The van der Waals surface area contributed by atoms with Gasteiger partial charge in [-0.05, 0) is 32.8 Å². The van der Waals surface area contributed by atoms with Crippen molar-refractivity contribution in [2.45, 2.75) is 32.1 Å². The minimum atomic E-state index is -0.897. The summed E-state index contributed by atoms with van der Waals surface area (Å²) in [5, 5.41) is 9.32. The van der Waals surface area contributed by atoms with Crippen molar-refractivity contribution >= 4 is 11.8 Å². The second-order valence-corrected chi connectivity index (χ2v) is 5.00. The Bertz CT molecular complexity index is 423. The van der Waals surface area contributed by atoms with Crippen molar-refractivity contribution in [1.82, 2.24) is 4.98 Å². The molecule has 4 heteroatoms. The minimum absolute atomic E-state index is 0.800. The van der Waals surface area contributed by atoms with E-state index in [9.17, 15) is 9.90 Å². The number of hydrogen-bond donors (Lipinski definition) is 1. The van der Waals surface area contributed by atoms with Crippen LogP contribution in [0.15, 0.2) is 18.3 Å². The zero-order chi connectivity index (χ0) is 12.5. The van der Waals surface area contributed by atoms with Crippen LogP contribution in [0.1, 0.15) is 32.3 Å². The van der Waals surface area contributed by atoms with E-state index in [0.29, 0.717) is 0 Å². The van der Waals surface area contributed by atoms with Crippen molar-refractivity contribution in [2.75, 3.05) is 18.0 Å². The number of carbonyl (C=O) groups is 1. The molecular weight excluding hydrogens is 216 g/mol. The lowest BCUT2D eigenvalue weighted by Gasteiger charge is -2.26. The highest BCUT2D eigenvalue weighted by Gasteiger charge is 2.34. The zero-order valence-corrected chi connectivity index (χ0v) is 10.3. The van der Waals surface area contributed by atoms with E-state index < -0.39 is 11.4 Å². The van der Waals surface area contributed by atoms with Crippen LogP contribution in [0.25, 0.3) is 0 Å². The lowest BCUT2D eigenvalue weighted by Crippen LogP contribution is -2.32. The Balaban J connectivity index is 2.43. The van der Waals surface area contributed by atoms with Gasteiger partial charge in [0.1, 0.15) is 5.82 Å². The number of rotatable bonds is 3. The third kappa shape index (κ3) is 2.12. The van der Waals surface area contributed by atoms with Crippen LogP contribution < -0.4 is 4.90 Å². The molecule has 0 aromatic carbocycles. The Morgan fingerprint density at radius 2 is 2.06 bits per heavy atom. The van der Waals surface area contributed by atoms with Gasteiger partial charge in [0, 0.05) is 24.8 Å². The van der Waals surface area contributed by atoms with E-state index in [1.165, 1.54) is 0 Å². The maximum atomic E-state index is 11.3. The van der Waals surface area contributed by atoms with Gasteiger partial charge in [-0.1, -0.05) is 6.07 Å². The second-order valence-electron chi connectivity index (χ2n) is 5.00. The van der Waals surface area contributed by atoms with E-state index in [1.807, 2.05) is 6.07 Å². The summed E-state index contributed by atoms with van der Waals surface area (Å²) in [5.74, 6) is 0.0170. The van der Waals surface area contributed by atoms with Crippen LogP contribution in [0.2, 0.25) is 0 Å². The van der Waals surface area contributed by atoms with E-state index in [4.69, 9.17) is 0 Å². The first kappa shape index (κ1) is 11.9. The molecule has 2 heterocycles. The molecule has 0 saturated carbocycles. The first-order valence-corrected chi connectivity index (χ1v) is 5.97. The summed E-state index contributed by atoms with van der Waals surface area (Å²) in [6.45, 7) is 5.40. The molecule has 1 saturated heterocycles. The number of nitrogens with zero attached hydrogens (tertiary/aromatic N) is 2. The smallest absolute Gasteiger partial charge is 0.313 e. The van der Waals surface area contributed by atoms with Crippen LogP contribution in [-0.2, 0) is 10.2 Å². The number of pyridine rings is 1. The van der Waals surface area contributed by atoms with Crippen LogP contribution in [0.5, 0.6) is 0 Å². The van der Waals surface area contributed by atoms with Gasteiger partial charge in [-0.2, -0.15) is 0 Å². The van der Waals surface area contributed by atoms with Gasteiger partial charge in [0.25, 0.3) is 0 Å². The Hall–Kier alpha value is -1.58. The van der Waals surface area contributed by atoms with E-state index in [0.717, 1.165) is 37.3 Å². The van der Waals surface area contributed by atoms with Gasteiger partial charge in [-0.15, -0.1) is 0 Å². The summed E-state index contributed by atoms with van der Waals surface area (Å²) in [6.07, 6.45) is 4.04. The predicted octanol–water partition coefficient (Wildman–Crippen LogP) is 2.04. The number of aromatic nitrogens is 1. The van der Waals surface area contributed by atoms with Crippen LogP contribution in [0.4, 0.5) is 5.82 Å². The fourth-order valence-corrected chi connectivity index (χ4v) is 2.18. The molecule has 0 aliphatic carbocycles. The Morgan fingerprint density at radius 3 is 2.65 bits per heavy atom. The number of carboxylic acids is 1.